The first-order chi connectivity index (χ1) is 10.8. The average molecular weight is 366 g/mol. The van der Waals surface area contributed by atoms with Gasteiger partial charge in [-0.1, -0.05) is 6.08 Å². The molecule has 0 fully saturated rings. The molecule has 2 heterocycles. The zero-order valence-corrected chi connectivity index (χ0v) is 11.3. The highest BCUT2D eigenvalue weighted by Crippen LogP contribution is 2.42. The summed E-state index contributed by atoms with van der Waals surface area (Å²) in [6, 6.07) is 0. The van der Waals surface area contributed by atoms with Crippen LogP contribution < -0.4 is 0 Å². The molecule has 2 unspecified atom stereocenters. The van der Waals surface area contributed by atoms with Crippen LogP contribution in [0.5, 0.6) is 0 Å². The van der Waals surface area contributed by atoms with E-state index in [0.29, 0.717) is 18.4 Å². The molecule has 0 spiro atoms. The molecule has 0 aromatic carbocycles. The standard InChI is InChI=1S/C13H7F9O2/c14-11(15,16)8-2-1-7(10(24-8)13(20,21)22)6-3-4-23-9(5-6)12(17,18)19/h1-6,10H. The SMILES string of the molecule is FC(F)(F)C1=CC(C2=CC=C(C(F)(F)F)OC2C(F)(F)F)C=CO1. The highest BCUT2D eigenvalue weighted by molar-refractivity contribution is 5.35. The van der Waals surface area contributed by atoms with Gasteiger partial charge in [0.2, 0.25) is 17.6 Å². The fraction of sp³-hybridized carbons (Fsp3) is 0.385. The third kappa shape index (κ3) is 3.88. The van der Waals surface area contributed by atoms with Gasteiger partial charge in [-0.15, -0.1) is 0 Å². The van der Waals surface area contributed by atoms with Crippen LogP contribution in [0.4, 0.5) is 39.5 Å². The van der Waals surface area contributed by atoms with Gasteiger partial charge in [-0.3, -0.25) is 0 Å². The van der Waals surface area contributed by atoms with Crippen LogP contribution in [0.25, 0.3) is 0 Å². The molecule has 2 atom stereocenters. The number of alkyl halides is 9. The average Bonchev–Trinajstić information content (AvgIpc) is 2.44. The van der Waals surface area contributed by atoms with Gasteiger partial charge in [-0.2, -0.15) is 39.5 Å². The van der Waals surface area contributed by atoms with Gasteiger partial charge in [-0.05, 0) is 23.8 Å². The van der Waals surface area contributed by atoms with E-state index in [9.17, 15) is 39.5 Å². The largest absolute Gasteiger partial charge is 0.471 e. The van der Waals surface area contributed by atoms with Crippen molar-refractivity contribution in [2.24, 2.45) is 5.92 Å². The maximum absolute atomic E-state index is 13.0. The summed E-state index contributed by atoms with van der Waals surface area (Å²) in [5, 5.41) is 0. The number of halogens is 9. The minimum atomic E-state index is -5.25. The third-order valence-electron chi connectivity index (χ3n) is 3.03. The lowest BCUT2D eigenvalue weighted by molar-refractivity contribution is -0.220. The van der Waals surface area contributed by atoms with Crippen LogP contribution in [-0.4, -0.2) is 24.6 Å². The van der Waals surface area contributed by atoms with Crippen molar-refractivity contribution in [1.82, 2.24) is 0 Å². The van der Waals surface area contributed by atoms with E-state index in [1.54, 1.807) is 0 Å². The number of hydrogen-bond acceptors (Lipinski definition) is 2. The first-order valence-corrected chi connectivity index (χ1v) is 6.15. The first kappa shape index (κ1) is 18.3. The molecule has 11 heteroatoms. The van der Waals surface area contributed by atoms with E-state index in [2.05, 4.69) is 9.47 Å². The van der Waals surface area contributed by atoms with Crippen molar-refractivity contribution >= 4 is 0 Å². The summed E-state index contributed by atoms with van der Waals surface area (Å²) in [4.78, 5) is 0. The van der Waals surface area contributed by atoms with Crippen molar-refractivity contribution in [3.05, 3.63) is 47.7 Å². The molecule has 134 valence electrons. The van der Waals surface area contributed by atoms with Crippen LogP contribution in [0.1, 0.15) is 0 Å². The molecular weight excluding hydrogens is 359 g/mol. The molecule has 0 saturated carbocycles. The molecule has 2 nitrogen and oxygen atoms in total. The predicted molar refractivity (Wildman–Crippen MR) is 61.0 cm³/mol. The predicted octanol–water partition coefficient (Wildman–Crippen LogP) is 4.93. The van der Waals surface area contributed by atoms with Crippen LogP contribution in [0, 0.1) is 5.92 Å². The summed E-state index contributed by atoms with van der Waals surface area (Å²) in [6.45, 7) is 0. The van der Waals surface area contributed by atoms with E-state index in [1.807, 2.05) is 0 Å². The molecule has 0 N–H and O–H groups in total. The van der Waals surface area contributed by atoms with E-state index < -0.39 is 47.6 Å². The smallest absolute Gasteiger partial charge is 0.449 e. The molecule has 0 aromatic heterocycles. The Kier molecular flexibility index (Phi) is 4.40. The lowest BCUT2D eigenvalue weighted by atomic mass is 9.90. The normalized spacial score (nSPS) is 25.3. The van der Waals surface area contributed by atoms with Crippen molar-refractivity contribution < 1.29 is 49.0 Å². The number of ether oxygens (including phenoxy) is 2. The first-order valence-electron chi connectivity index (χ1n) is 6.15. The summed E-state index contributed by atoms with van der Waals surface area (Å²) >= 11 is 0. The van der Waals surface area contributed by atoms with Crippen LogP contribution in [0.15, 0.2) is 47.7 Å². The molecule has 2 aliphatic rings. The van der Waals surface area contributed by atoms with Crippen molar-refractivity contribution in [2.45, 2.75) is 24.6 Å². The Morgan fingerprint density at radius 2 is 1.38 bits per heavy atom. The monoisotopic (exact) mass is 366 g/mol. The Bertz CT molecular complexity index is 617. The van der Waals surface area contributed by atoms with E-state index in [4.69, 9.17) is 0 Å². The van der Waals surface area contributed by atoms with Gasteiger partial charge in [0.25, 0.3) is 0 Å². The lowest BCUT2D eigenvalue weighted by Crippen LogP contribution is -2.39. The maximum atomic E-state index is 13.0. The van der Waals surface area contributed by atoms with Gasteiger partial charge in [0.15, 0.2) is 0 Å². The summed E-state index contributed by atoms with van der Waals surface area (Å²) < 4.78 is 122. The Hall–Kier alpha value is -2.07. The fourth-order valence-corrected chi connectivity index (χ4v) is 2.02. The van der Waals surface area contributed by atoms with E-state index >= 15 is 0 Å². The molecule has 2 aliphatic heterocycles. The summed E-state index contributed by atoms with van der Waals surface area (Å²) in [5.74, 6) is -5.04. The zero-order valence-electron chi connectivity index (χ0n) is 11.3. The van der Waals surface area contributed by atoms with Gasteiger partial charge in [0.1, 0.15) is 0 Å². The van der Waals surface area contributed by atoms with Gasteiger partial charge in [0, 0.05) is 5.92 Å². The molecule has 24 heavy (non-hydrogen) atoms. The summed E-state index contributed by atoms with van der Waals surface area (Å²) in [7, 11) is 0. The minimum Gasteiger partial charge on any atom is -0.471 e. The van der Waals surface area contributed by atoms with Gasteiger partial charge < -0.3 is 9.47 Å². The second kappa shape index (κ2) is 5.78. The highest BCUT2D eigenvalue weighted by Gasteiger charge is 2.51. The molecule has 2 rings (SSSR count). The van der Waals surface area contributed by atoms with E-state index in [0.717, 1.165) is 6.08 Å². The molecule has 0 aliphatic carbocycles. The van der Waals surface area contributed by atoms with E-state index in [-0.39, 0.29) is 6.08 Å². The minimum absolute atomic E-state index is 0.238. The second-order valence-electron chi connectivity index (χ2n) is 4.74. The van der Waals surface area contributed by atoms with Crippen molar-refractivity contribution in [2.75, 3.05) is 0 Å². The Labute approximate surface area is 128 Å². The number of allylic oxidation sites excluding steroid dienone is 6. The Morgan fingerprint density at radius 3 is 1.88 bits per heavy atom. The fourth-order valence-electron chi connectivity index (χ4n) is 2.02. The quantitative estimate of drug-likeness (QED) is 0.613. The van der Waals surface area contributed by atoms with Crippen molar-refractivity contribution in [3.63, 3.8) is 0 Å². The van der Waals surface area contributed by atoms with Crippen LogP contribution in [0.3, 0.4) is 0 Å². The molecule has 0 amide bonds. The van der Waals surface area contributed by atoms with E-state index in [1.165, 1.54) is 0 Å². The van der Waals surface area contributed by atoms with Crippen LogP contribution >= 0.6 is 0 Å². The zero-order chi connectivity index (χ0) is 18.3. The molecule has 0 aromatic rings. The second-order valence-corrected chi connectivity index (χ2v) is 4.74. The van der Waals surface area contributed by atoms with Crippen LogP contribution in [0.2, 0.25) is 0 Å². The summed E-state index contributed by atoms with van der Waals surface area (Å²) in [6.07, 6.45) is -16.0. The Balaban J connectivity index is 2.43. The summed E-state index contributed by atoms with van der Waals surface area (Å²) in [5.41, 5.74) is -0.822. The van der Waals surface area contributed by atoms with Gasteiger partial charge in [-0.25, -0.2) is 0 Å². The molecule has 0 saturated heterocycles. The Morgan fingerprint density at radius 1 is 0.792 bits per heavy atom. The van der Waals surface area contributed by atoms with Crippen LogP contribution in [-0.2, 0) is 9.47 Å². The maximum Gasteiger partial charge on any atom is 0.449 e. The van der Waals surface area contributed by atoms with Crippen molar-refractivity contribution in [1.29, 1.82) is 0 Å². The number of hydrogen-bond donors (Lipinski definition) is 0. The van der Waals surface area contributed by atoms with Gasteiger partial charge >= 0.3 is 18.5 Å². The molecule has 0 bridgehead atoms. The third-order valence-corrected chi connectivity index (χ3v) is 3.03. The number of rotatable bonds is 1. The molecule has 0 radical (unpaired) electrons. The highest BCUT2D eigenvalue weighted by atomic mass is 19.4. The lowest BCUT2D eigenvalue weighted by Gasteiger charge is -2.32. The molecular formula is C13H7F9O2. The topological polar surface area (TPSA) is 18.5 Å². The van der Waals surface area contributed by atoms with Crippen molar-refractivity contribution in [3.8, 4) is 0 Å². The van der Waals surface area contributed by atoms with Gasteiger partial charge in [0.05, 0.1) is 6.26 Å².